The third-order valence-corrected chi connectivity index (χ3v) is 7.70. The molecule has 0 unspecified atom stereocenters. The van der Waals surface area contributed by atoms with Gasteiger partial charge in [0.25, 0.3) is 0 Å². The van der Waals surface area contributed by atoms with Crippen LogP contribution in [0, 0.1) is 46.9 Å². The van der Waals surface area contributed by atoms with E-state index in [4.69, 9.17) is 0 Å². The summed E-state index contributed by atoms with van der Waals surface area (Å²) in [6.45, 7) is 13.0. The van der Waals surface area contributed by atoms with Crippen LogP contribution in [0.5, 0.6) is 0 Å². The molecular formula is C31H34FN9. The van der Waals surface area contributed by atoms with Gasteiger partial charge in [-0.05, 0) is 63.1 Å². The topological polar surface area (TPSA) is 128 Å². The molecular weight excluding hydrogens is 517 g/mol. The van der Waals surface area contributed by atoms with Crippen LogP contribution in [0.4, 0.5) is 15.8 Å². The van der Waals surface area contributed by atoms with Crippen molar-refractivity contribution in [3.63, 3.8) is 0 Å². The van der Waals surface area contributed by atoms with Crippen LogP contribution in [0.2, 0.25) is 0 Å². The van der Waals surface area contributed by atoms with Crippen LogP contribution in [0.1, 0.15) is 81.6 Å². The van der Waals surface area contributed by atoms with Gasteiger partial charge in [-0.1, -0.05) is 32.1 Å². The maximum atomic E-state index is 14.0. The summed E-state index contributed by atoms with van der Waals surface area (Å²) in [6, 6.07) is 10.6. The Morgan fingerprint density at radius 2 is 1.83 bits per heavy atom. The number of nitrogens with zero attached hydrogens (tertiary/aromatic N) is 7. The molecule has 3 heterocycles. The van der Waals surface area contributed by atoms with E-state index in [1.807, 2.05) is 16.9 Å². The summed E-state index contributed by atoms with van der Waals surface area (Å²) in [4.78, 5) is 8.50. The van der Waals surface area contributed by atoms with E-state index < -0.39 is 12.0 Å². The Morgan fingerprint density at radius 3 is 2.46 bits per heavy atom. The number of pyridine rings is 2. The lowest BCUT2D eigenvalue weighted by atomic mass is 9.96. The number of nitriles is 2. The molecule has 0 amide bonds. The highest BCUT2D eigenvalue weighted by Gasteiger charge is 2.40. The Morgan fingerprint density at radius 1 is 1.10 bits per heavy atom. The molecule has 0 radical (unpaired) electrons. The lowest BCUT2D eigenvalue weighted by Crippen LogP contribution is -2.29. The summed E-state index contributed by atoms with van der Waals surface area (Å²) in [5, 5.41) is 36.5. The predicted octanol–water partition coefficient (Wildman–Crippen LogP) is 6.22. The molecule has 0 spiro atoms. The van der Waals surface area contributed by atoms with Gasteiger partial charge >= 0.3 is 0 Å². The Kier molecular flexibility index (Phi) is 7.12. The van der Waals surface area contributed by atoms with Gasteiger partial charge in [-0.3, -0.25) is 4.98 Å². The molecule has 4 aromatic rings. The minimum atomic E-state index is -0.564. The highest BCUT2D eigenvalue weighted by molar-refractivity contribution is 5.99. The molecule has 10 heteroatoms. The quantitative estimate of drug-likeness (QED) is 0.247. The van der Waals surface area contributed by atoms with Crippen LogP contribution in [-0.2, 0) is 5.54 Å². The standard InChI is InChI=1S/C31H34FN9/c1-18-23(9-10-26(32)37-18)29(25-16-41(40-39-25)31(5,6)21-7-8-21)38-22-11-19(13-33)27-24(12-22)28(20(14-34)15-35-27)36-17-30(2,3)4/h9-12,15-16,21,29,38H,7-8,17H2,1-6H3,(H,35,36)/t29-/m0/s1. The summed E-state index contributed by atoms with van der Waals surface area (Å²) in [6.07, 6.45) is 5.74. The van der Waals surface area contributed by atoms with E-state index in [9.17, 15) is 14.9 Å². The monoisotopic (exact) mass is 551 g/mol. The highest BCUT2D eigenvalue weighted by atomic mass is 19.1. The molecule has 0 bridgehead atoms. The summed E-state index contributed by atoms with van der Waals surface area (Å²) in [7, 11) is 0. The van der Waals surface area contributed by atoms with Crippen molar-refractivity contribution < 1.29 is 4.39 Å². The third-order valence-electron chi connectivity index (χ3n) is 7.70. The van der Waals surface area contributed by atoms with Crippen molar-refractivity contribution in [1.82, 2.24) is 25.0 Å². The summed E-state index contributed by atoms with van der Waals surface area (Å²) in [5.41, 5.74) is 4.16. The van der Waals surface area contributed by atoms with Gasteiger partial charge in [-0.15, -0.1) is 5.10 Å². The van der Waals surface area contributed by atoms with Crippen LogP contribution in [0.15, 0.2) is 36.7 Å². The number of nitrogens with one attached hydrogen (secondary N) is 2. The van der Waals surface area contributed by atoms with Crippen LogP contribution >= 0.6 is 0 Å². The first kappa shape index (κ1) is 28.0. The molecule has 5 rings (SSSR count). The molecule has 41 heavy (non-hydrogen) atoms. The van der Waals surface area contributed by atoms with Gasteiger partial charge in [0.05, 0.1) is 40.1 Å². The van der Waals surface area contributed by atoms with E-state index in [0.29, 0.717) is 57.3 Å². The Balaban J connectivity index is 1.63. The van der Waals surface area contributed by atoms with Gasteiger partial charge < -0.3 is 10.6 Å². The summed E-state index contributed by atoms with van der Waals surface area (Å²) in [5.74, 6) is -0.0251. The maximum Gasteiger partial charge on any atom is 0.213 e. The first-order valence-corrected chi connectivity index (χ1v) is 13.7. The van der Waals surface area contributed by atoms with Crippen LogP contribution < -0.4 is 10.6 Å². The average molecular weight is 552 g/mol. The molecule has 2 N–H and O–H groups in total. The zero-order valence-corrected chi connectivity index (χ0v) is 24.2. The SMILES string of the molecule is Cc1nc(F)ccc1[C@H](Nc1cc(C#N)c2ncc(C#N)c(NCC(C)(C)C)c2c1)c1cn(C(C)(C)C2CC2)nn1. The second kappa shape index (κ2) is 10.4. The molecule has 1 aromatic carbocycles. The highest BCUT2D eigenvalue weighted by Crippen LogP contribution is 2.44. The van der Waals surface area contributed by atoms with E-state index in [2.05, 4.69) is 77.7 Å². The van der Waals surface area contributed by atoms with E-state index >= 15 is 0 Å². The maximum absolute atomic E-state index is 14.0. The smallest absolute Gasteiger partial charge is 0.213 e. The van der Waals surface area contributed by atoms with E-state index in [0.717, 1.165) is 18.4 Å². The largest absolute Gasteiger partial charge is 0.383 e. The van der Waals surface area contributed by atoms with E-state index in [1.54, 1.807) is 19.1 Å². The molecule has 0 aliphatic heterocycles. The van der Waals surface area contributed by atoms with Crippen molar-refractivity contribution >= 4 is 22.3 Å². The van der Waals surface area contributed by atoms with Crippen molar-refractivity contribution in [3.8, 4) is 12.1 Å². The predicted molar refractivity (Wildman–Crippen MR) is 156 cm³/mol. The minimum Gasteiger partial charge on any atom is -0.383 e. The minimum absolute atomic E-state index is 0.0471. The lowest BCUT2D eigenvalue weighted by Gasteiger charge is -2.24. The molecule has 0 saturated heterocycles. The number of halogens is 1. The van der Waals surface area contributed by atoms with Gasteiger partial charge in [0.2, 0.25) is 5.95 Å². The molecule has 1 fully saturated rings. The first-order valence-electron chi connectivity index (χ1n) is 13.7. The Hall–Kier alpha value is -4.57. The number of anilines is 2. The van der Waals surface area contributed by atoms with Crippen LogP contribution in [-0.4, -0.2) is 31.5 Å². The summed E-state index contributed by atoms with van der Waals surface area (Å²) >= 11 is 0. The number of hydrogen-bond acceptors (Lipinski definition) is 8. The fourth-order valence-electron chi connectivity index (χ4n) is 5.09. The Labute approximate surface area is 239 Å². The zero-order chi connectivity index (χ0) is 29.5. The van der Waals surface area contributed by atoms with Gasteiger partial charge in [0.15, 0.2) is 0 Å². The normalized spacial score (nSPS) is 14.4. The average Bonchev–Trinajstić information content (AvgIpc) is 3.67. The fraction of sp³-hybridized carbons (Fsp3) is 0.419. The molecule has 3 aromatic heterocycles. The number of aromatic nitrogens is 5. The van der Waals surface area contributed by atoms with E-state index in [1.165, 1.54) is 12.3 Å². The van der Waals surface area contributed by atoms with Crippen LogP contribution in [0.25, 0.3) is 10.9 Å². The van der Waals surface area contributed by atoms with Crippen molar-refractivity contribution in [2.45, 2.75) is 66.0 Å². The van der Waals surface area contributed by atoms with Gasteiger partial charge in [0.1, 0.15) is 17.8 Å². The molecule has 210 valence electrons. The number of hydrogen-bond donors (Lipinski definition) is 2. The van der Waals surface area contributed by atoms with Crippen LogP contribution in [0.3, 0.4) is 0 Å². The van der Waals surface area contributed by atoms with Crippen molar-refractivity contribution in [3.05, 3.63) is 70.7 Å². The van der Waals surface area contributed by atoms with Gasteiger partial charge in [-0.25, -0.2) is 9.67 Å². The molecule has 1 atom stereocenters. The number of benzene rings is 1. The molecule has 1 aliphatic carbocycles. The zero-order valence-electron chi connectivity index (χ0n) is 24.2. The number of rotatable bonds is 8. The van der Waals surface area contributed by atoms with Gasteiger partial charge in [0, 0.05) is 35.1 Å². The van der Waals surface area contributed by atoms with Crippen molar-refractivity contribution in [2.75, 3.05) is 17.2 Å². The lowest BCUT2D eigenvalue weighted by molar-refractivity contribution is 0.268. The number of aryl methyl sites for hydroxylation is 1. The van der Waals surface area contributed by atoms with Crippen molar-refractivity contribution in [1.29, 1.82) is 10.5 Å². The Bertz CT molecular complexity index is 1700. The fourth-order valence-corrected chi connectivity index (χ4v) is 5.09. The summed E-state index contributed by atoms with van der Waals surface area (Å²) < 4.78 is 15.9. The molecule has 1 aliphatic rings. The van der Waals surface area contributed by atoms with Gasteiger partial charge in [-0.2, -0.15) is 14.9 Å². The second-order valence-corrected chi connectivity index (χ2v) is 12.5. The molecule has 9 nitrogen and oxygen atoms in total. The third kappa shape index (κ3) is 5.69. The molecule has 1 saturated carbocycles. The number of fused-ring (bicyclic) bond motifs is 1. The van der Waals surface area contributed by atoms with E-state index in [-0.39, 0.29) is 11.0 Å². The second-order valence-electron chi connectivity index (χ2n) is 12.5. The first-order chi connectivity index (χ1) is 19.4. The van der Waals surface area contributed by atoms with Crippen molar-refractivity contribution in [2.24, 2.45) is 11.3 Å².